The number of anilines is 1. The zero-order valence-corrected chi connectivity index (χ0v) is 11.6. The fourth-order valence-corrected chi connectivity index (χ4v) is 2.09. The first kappa shape index (κ1) is 13.9. The van der Waals surface area contributed by atoms with Gasteiger partial charge in [-0.2, -0.15) is 0 Å². The van der Waals surface area contributed by atoms with Crippen LogP contribution in [0.3, 0.4) is 0 Å². The highest BCUT2D eigenvalue weighted by Crippen LogP contribution is 2.28. The van der Waals surface area contributed by atoms with Crippen molar-refractivity contribution < 1.29 is 19.4 Å². The monoisotopic (exact) mass is 295 g/mol. The number of aromatic hydroxyl groups is 1. The molecule has 5 heteroatoms. The highest BCUT2D eigenvalue weighted by molar-refractivity contribution is 6.08. The van der Waals surface area contributed by atoms with Gasteiger partial charge in [0.05, 0.1) is 5.69 Å². The number of fused-ring (bicyclic) bond motifs is 1. The maximum Gasteiger partial charge on any atom is 0.262 e. The van der Waals surface area contributed by atoms with Crippen molar-refractivity contribution in [1.29, 1.82) is 0 Å². The van der Waals surface area contributed by atoms with E-state index in [4.69, 9.17) is 4.74 Å². The summed E-state index contributed by atoms with van der Waals surface area (Å²) in [6.07, 6.45) is 3.11. The fourth-order valence-electron chi connectivity index (χ4n) is 2.09. The molecule has 0 radical (unpaired) electrons. The normalized spacial score (nSPS) is 13.4. The number of allylic oxidation sites excluding steroid dienone is 1. The molecule has 0 aromatic heterocycles. The van der Waals surface area contributed by atoms with Crippen LogP contribution in [0, 0.1) is 0 Å². The van der Waals surface area contributed by atoms with Crippen LogP contribution < -0.4 is 10.1 Å². The summed E-state index contributed by atoms with van der Waals surface area (Å²) in [5, 5.41) is 11.9. The van der Waals surface area contributed by atoms with Gasteiger partial charge in [-0.1, -0.05) is 18.2 Å². The number of nitrogens with one attached hydrogen (secondary N) is 1. The van der Waals surface area contributed by atoms with Crippen LogP contribution in [0.15, 0.2) is 48.5 Å². The molecule has 0 aliphatic carbocycles. The van der Waals surface area contributed by atoms with E-state index >= 15 is 0 Å². The van der Waals surface area contributed by atoms with Crippen molar-refractivity contribution in [2.75, 3.05) is 11.9 Å². The highest BCUT2D eigenvalue weighted by Gasteiger charge is 2.17. The van der Waals surface area contributed by atoms with Crippen molar-refractivity contribution in [2.45, 2.75) is 0 Å². The largest absolute Gasteiger partial charge is 0.508 e. The molecule has 1 amide bonds. The maximum absolute atomic E-state index is 12.2. The van der Waals surface area contributed by atoms with Crippen LogP contribution in [0.1, 0.15) is 15.9 Å². The molecular formula is C17H13NO4. The van der Waals surface area contributed by atoms with Gasteiger partial charge in [0, 0.05) is 5.56 Å². The van der Waals surface area contributed by atoms with Gasteiger partial charge in [0.15, 0.2) is 12.4 Å². The molecule has 3 rings (SSSR count). The minimum absolute atomic E-state index is 0.0128. The molecular weight excluding hydrogens is 282 g/mol. The first-order chi connectivity index (χ1) is 10.6. The minimum atomic E-state index is -0.239. The first-order valence-corrected chi connectivity index (χ1v) is 6.70. The second-order valence-corrected chi connectivity index (χ2v) is 4.84. The third-order valence-corrected chi connectivity index (χ3v) is 3.22. The second kappa shape index (κ2) is 5.73. The van der Waals surface area contributed by atoms with Crippen molar-refractivity contribution in [1.82, 2.24) is 0 Å². The van der Waals surface area contributed by atoms with E-state index in [1.165, 1.54) is 6.08 Å². The molecule has 0 saturated carbocycles. The van der Waals surface area contributed by atoms with Crippen LogP contribution >= 0.6 is 0 Å². The number of ether oxygens (including phenoxy) is 1. The lowest BCUT2D eigenvalue weighted by Gasteiger charge is -2.17. The molecule has 2 aromatic rings. The number of rotatable bonds is 3. The highest BCUT2D eigenvalue weighted by atomic mass is 16.5. The average Bonchev–Trinajstić information content (AvgIpc) is 2.53. The molecule has 0 unspecified atom stereocenters. The number of carbonyl (C=O) groups excluding carboxylic acids is 2. The summed E-state index contributed by atoms with van der Waals surface area (Å²) < 4.78 is 5.25. The predicted octanol–water partition coefficient (Wildman–Crippen LogP) is 2.62. The van der Waals surface area contributed by atoms with Crippen molar-refractivity contribution >= 4 is 23.5 Å². The van der Waals surface area contributed by atoms with E-state index in [0.717, 1.165) is 5.56 Å². The fraction of sp³-hybridized carbons (Fsp3) is 0.0588. The van der Waals surface area contributed by atoms with Crippen LogP contribution in [-0.4, -0.2) is 23.4 Å². The number of phenols is 1. The van der Waals surface area contributed by atoms with Crippen LogP contribution in [-0.2, 0) is 4.79 Å². The predicted molar refractivity (Wildman–Crippen MR) is 82.0 cm³/mol. The average molecular weight is 295 g/mol. The summed E-state index contributed by atoms with van der Waals surface area (Å²) in [7, 11) is 0. The Labute approximate surface area is 126 Å². The van der Waals surface area contributed by atoms with E-state index in [2.05, 4.69) is 5.32 Å². The molecule has 1 heterocycles. The van der Waals surface area contributed by atoms with Gasteiger partial charge in [-0.05, 0) is 42.0 Å². The third kappa shape index (κ3) is 2.98. The zero-order chi connectivity index (χ0) is 15.5. The third-order valence-electron chi connectivity index (χ3n) is 3.22. The van der Waals surface area contributed by atoms with Gasteiger partial charge in [0.1, 0.15) is 11.5 Å². The van der Waals surface area contributed by atoms with Gasteiger partial charge in [-0.25, -0.2) is 0 Å². The molecule has 110 valence electrons. The van der Waals surface area contributed by atoms with E-state index < -0.39 is 0 Å². The molecule has 0 spiro atoms. The second-order valence-electron chi connectivity index (χ2n) is 4.84. The Hall–Kier alpha value is -3.08. The lowest BCUT2D eigenvalue weighted by molar-refractivity contribution is -0.118. The number of carbonyl (C=O) groups is 2. The lowest BCUT2D eigenvalue weighted by atomic mass is 10.1. The number of phenolic OH excluding ortho intramolecular Hbond substituents is 1. The molecule has 2 N–H and O–H groups in total. The van der Waals surface area contributed by atoms with Gasteiger partial charge < -0.3 is 15.2 Å². The molecule has 0 bridgehead atoms. The number of amides is 1. The van der Waals surface area contributed by atoms with Gasteiger partial charge in [0.2, 0.25) is 0 Å². The standard InChI is InChI=1S/C17H13NO4/c19-13-5-1-11(2-6-13)3-7-15(20)12-4-8-16-14(9-12)18-17(21)10-22-16/h1-9,19H,10H2,(H,18,21). The zero-order valence-electron chi connectivity index (χ0n) is 11.6. The Morgan fingerprint density at radius 2 is 1.95 bits per heavy atom. The topological polar surface area (TPSA) is 75.6 Å². The Kier molecular flexibility index (Phi) is 3.62. The summed E-state index contributed by atoms with van der Waals surface area (Å²) in [5.74, 6) is 0.306. The molecule has 5 nitrogen and oxygen atoms in total. The maximum atomic E-state index is 12.2. The SMILES string of the molecule is O=C1COc2ccc(C(=O)C=Cc3ccc(O)cc3)cc2N1. The lowest BCUT2D eigenvalue weighted by Crippen LogP contribution is -2.25. The molecule has 22 heavy (non-hydrogen) atoms. The van der Waals surface area contributed by atoms with Crippen molar-refractivity contribution in [3.63, 3.8) is 0 Å². The minimum Gasteiger partial charge on any atom is -0.508 e. The number of hydrogen-bond donors (Lipinski definition) is 2. The smallest absolute Gasteiger partial charge is 0.262 e. The van der Waals surface area contributed by atoms with Crippen LogP contribution in [0.2, 0.25) is 0 Å². The summed E-state index contributed by atoms with van der Waals surface area (Å²) in [5.41, 5.74) is 1.76. The van der Waals surface area contributed by atoms with E-state index in [1.807, 2.05) is 0 Å². The summed E-state index contributed by atoms with van der Waals surface area (Å²) in [6, 6.07) is 11.4. The molecule has 2 aromatic carbocycles. The van der Waals surface area contributed by atoms with E-state index in [1.54, 1.807) is 48.5 Å². The molecule has 1 aliphatic heterocycles. The number of ketones is 1. The van der Waals surface area contributed by atoms with Crippen LogP contribution in [0.25, 0.3) is 6.08 Å². The van der Waals surface area contributed by atoms with E-state index in [-0.39, 0.29) is 24.0 Å². The van der Waals surface area contributed by atoms with Gasteiger partial charge in [-0.15, -0.1) is 0 Å². The summed E-state index contributed by atoms with van der Waals surface area (Å²) >= 11 is 0. The van der Waals surface area contributed by atoms with Crippen molar-refractivity contribution in [3.05, 3.63) is 59.7 Å². The van der Waals surface area contributed by atoms with Crippen LogP contribution in [0.4, 0.5) is 5.69 Å². The Morgan fingerprint density at radius 1 is 1.18 bits per heavy atom. The molecule has 1 aliphatic rings. The molecule has 0 fully saturated rings. The number of hydrogen-bond acceptors (Lipinski definition) is 4. The van der Waals surface area contributed by atoms with Gasteiger partial charge in [-0.3, -0.25) is 9.59 Å². The van der Waals surface area contributed by atoms with Crippen LogP contribution in [0.5, 0.6) is 11.5 Å². The summed E-state index contributed by atoms with van der Waals surface area (Å²) in [6.45, 7) is -0.0128. The molecule has 0 saturated heterocycles. The van der Waals surface area contributed by atoms with E-state index in [0.29, 0.717) is 17.0 Å². The Balaban J connectivity index is 1.79. The van der Waals surface area contributed by atoms with E-state index in [9.17, 15) is 14.7 Å². The molecule has 0 atom stereocenters. The Bertz CT molecular complexity index is 763. The Morgan fingerprint density at radius 3 is 2.73 bits per heavy atom. The van der Waals surface area contributed by atoms with Gasteiger partial charge in [0.25, 0.3) is 5.91 Å². The van der Waals surface area contributed by atoms with Crippen molar-refractivity contribution in [3.8, 4) is 11.5 Å². The first-order valence-electron chi connectivity index (χ1n) is 6.70. The summed E-state index contributed by atoms with van der Waals surface area (Å²) in [4.78, 5) is 23.5. The number of benzene rings is 2. The van der Waals surface area contributed by atoms with Crippen molar-refractivity contribution in [2.24, 2.45) is 0 Å². The van der Waals surface area contributed by atoms with Gasteiger partial charge >= 0.3 is 0 Å². The quantitative estimate of drug-likeness (QED) is 0.674.